The summed E-state index contributed by atoms with van der Waals surface area (Å²) in [7, 11) is 0. The monoisotopic (exact) mass is 260 g/mol. The van der Waals surface area contributed by atoms with E-state index >= 15 is 0 Å². The molecule has 6 heteroatoms. The Bertz CT molecular complexity index is 565. The molecular weight excluding hydrogens is 244 g/mol. The molecule has 2 rings (SSSR count). The third kappa shape index (κ3) is 3.82. The van der Waals surface area contributed by atoms with Gasteiger partial charge in [-0.05, 0) is 17.2 Å². The summed E-state index contributed by atoms with van der Waals surface area (Å²) in [5.41, 5.74) is 7.23. The minimum absolute atomic E-state index is 0.00560. The van der Waals surface area contributed by atoms with Gasteiger partial charge in [0.15, 0.2) is 0 Å². The van der Waals surface area contributed by atoms with Gasteiger partial charge in [0.25, 0.3) is 0 Å². The van der Waals surface area contributed by atoms with E-state index in [2.05, 4.69) is 10.4 Å². The van der Waals surface area contributed by atoms with Gasteiger partial charge in [-0.1, -0.05) is 24.3 Å². The highest BCUT2D eigenvalue weighted by atomic mass is 16.3. The number of carbonyl (C=O) groups is 1. The third-order valence-electron chi connectivity index (χ3n) is 2.63. The standard InChI is InChI=1S/C13H16N4O2/c14-12-4-5-17(16-12)8-13(19)15-7-10-2-1-3-11(6-10)9-18/h1-6,18H,7-9H2,(H2,14,16)(H,15,19). The molecule has 0 bridgehead atoms. The predicted molar refractivity (Wildman–Crippen MR) is 70.9 cm³/mol. The van der Waals surface area contributed by atoms with Crippen LogP contribution in [-0.4, -0.2) is 20.8 Å². The Labute approximate surface area is 110 Å². The summed E-state index contributed by atoms with van der Waals surface area (Å²) in [5, 5.41) is 15.7. The van der Waals surface area contributed by atoms with Crippen LogP contribution in [0.1, 0.15) is 11.1 Å². The molecule has 0 aliphatic carbocycles. The summed E-state index contributed by atoms with van der Waals surface area (Å²) in [6, 6.07) is 9.06. The Balaban J connectivity index is 1.86. The zero-order valence-corrected chi connectivity index (χ0v) is 10.4. The summed E-state index contributed by atoms with van der Waals surface area (Å²) < 4.78 is 1.48. The molecule has 6 nitrogen and oxygen atoms in total. The number of aromatic nitrogens is 2. The number of benzene rings is 1. The molecule has 0 aliphatic heterocycles. The summed E-state index contributed by atoms with van der Waals surface area (Å²) in [5.74, 6) is 0.251. The minimum Gasteiger partial charge on any atom is -0.392 e. The molecule has 0 spiro atoms. The van der Waals surface area contributed by atoms with E-state index in [-0.39, 0.29) is 19.1 Å². The second-order valence-corrected chi connectivity index (χ2v) is 4.19. The van der Waals surface area contributed by atoms with Gasteiger partial charge in [0.2, 0.25) is 5.91 Å². The van der Waals surface area contributed by atoms with Crippen LogP contribution >= 0.6 is 0 Å². The number of nitrogens with zero attached hydrogens (tertiary/aromatic N) is 2. The maximum Gasteiger partial charge on any atom is 0.241 e. The van der Waals surface area contributed by atoms with Crippen molar-refractivity contribution in [2.45, 2.75) is 19.7 Å². The predicted octanol–water partition coefficient (Wildman–Crippen LogP) is 0.274. The fraction of sp³-hybridized carbons (Fsp3) is 0.231. The first-order chi connectivity index (χ1) is 9.17. The van der Waals surface area contributed by atoms with Crippen LogP contribution in [0.15, 0.2) is 36.5 Å². The molecule has 0 saturated carbocycles. The van der Waals surface area contributed by atoms with Crippen LogP contribution in [-0.2, 0) is 24.5 Å². The van der Waals surface area contributed by atoms with E-state index in [0.717, 1.165) is 11.1 Å². The van der Waals surface area contributed by atoms with Crippen LogP contribution in [0.4, 0.5) is 5.82 Å². The van der Waals surface area contributed by atoms with Crippen LogP contribution in [0.3, 0.4) is 0 Å². The number of nitrogens with one attached hydrogen (secondary N) is 1. The molecule has 2 aromatic rings. The number of nitrogen functional groups attached to an aromatic ring is 1. The summed E-state index contributed by atoms with van der Waals surface area (Å²) >= 11 is 0. The fourth-order valence-corrected chi connectivity index (χ4v) is 1.71. The number of rotatable bonds is 5. The molecule has 1 aromatic carbocycles. The lowest BCUT2D eigenvalue weighted by atomic mass is 10.1. The zero-order chi connectivity index (χ0) is 13.7. The Morgan fingerprint density at radius 2 is 2.16 bits per heavy atom. The normalized spacial score (nSPS) is 10.4. The number of hydrogen-bond donors (Lipinski definition) is 3. The number of anilines is 1. The summed E-state index contributed by atoms with van der Waals surface area (Å²) in [6.45, 7) is 0.550. The van der Waals surface area contributed by atoms with E-state index in [1.807, 2.05) is 24.3 Å². The lowest BCUT2D eigenvalue weighted by molar-refractivity contribution is -0.122. The minimum atomic E-state index is -0.141. The highest BCUT2D eigenvalue weighted by molar-refractivity contribution is 5.75. The van der Waals surface area contributed by atoms with Gasteiger partial charge in [0.1, 0.15) is 12.4 Å². The number of nitrogens with two attached hydrogens (primary N) is 1. The van der Waals surface area contributed by atoms with E-state index in [4.69, 9.17) is 10.8 Å². The van der Waals surface area contributed by atoms with Crippen LogP contribution in [0.2, 0.25) is 0 Å². The number of amides is 1. The van der Waals surface area contributed by atoms with Gasteiger partial charge in [-0.15, -0.1) is 0 Å². The van der Waals surface area contributed by atoms with Crippen molar-refractivity contribution >= 4 is 11.7 Å². The second kappa shape index (κ2) is 6.01. The third-order valence-corrected chi connectivity index (χ3v) is 2.63. The lowest BCUT2D eigenvalue weighted by Gasteiger charge is -2.06. The average Bonchev–Trinajstić information content (AvgIpc) is 2.82. The molecule has 1 heterocycles. The van der Waals surface area contributed by atoms with Gasteiger partial charge in [-0.25, -0.2) is 0 Å². The maximum absolute atomic E-state index is 11.7. The Kier molecular flexibility index (Phi) is 4.15. The van der Waals surface area contributed by atoms with Crippen molar-refractivity contribution in [2.24, 2.45) is 0 Å². The lowest BCUT2D eigenvalue weighted by Crippen LogP contribution is -2.27. The maximum atomic E-state index is 11.7. The van der Waals surface area contributed by atoms with Crippen molar-refractivity contribution in [3.05, 3.63) is 47.7 Å². The van der Waals surface area contributed by atoms with Crippen LogP contribution in [0, 0.1) is 0 Å². The van der Waals surface area contributed by atoms with E-state index < -0.39 is 0 Å². The van der Waals surface area contributed by atoms with Crippen LogP contribution in [0.25, 0.3) is 0 Å². The van der Waals surface area contributed by atoms with Gasteiger partial charge in [-0.3, -0.25) is 9.48 Å². The van der Waals surface area contributed by atoms with Crippen molar-refractivity contribution in [3.63, 3.8) is 0 Å². The SMILES string of the molecule is Nc1ccn(CC(=O)NCc2cccc(CO)c2)n1. The molecule has 0 unspecified atom stereocenters. The van der Waals surface area contributed by atoms with E-state index in [0.29, 0.717) is 12.4 Å². The molecule has 0 fully saturated rings. The zero-order valence-electron chi connectivity index (χ0n) is 10.4. The first kappa shape index (κ1) is 13.1. The first-order valence-electron chi connectivity index (χ1n) is 5.91. The molecule has 4 N–H and O–H groups in total. The number of aliphatic hydroxyl groups is 1. The molecule has 0 saturated heterocycles. The molecule has 0 radical (unpaired) electrons. The van der Waals surface area contributed by atoms with Gasteiger partial charge < -0.3 is 16.2 Å². The molecule has 100 valence electrons. The highest BCUT2D eigenvalue weighted by Gasteiger charge is 2.04. The van der Waals surface area contributed by atoms with Gasteiger partial charge >= 0.3 is 0 Å². The summed E-state index contributed by atoms with van der Waals surface area (Å²) in [4.78, 5) is 11.7. The van der Waals surface area contributed by atoms with Crippen molar-refractivity contribution in [1.29, 1.82) is 0 Å². The number of carbonyl (C=O) groups excluding carboxylic acids is 1. The smallest absolute Gasteiger partial charge is 0.241 e. The van der Waals surface area contributed by atoms with Crippen LogP contribution in [0.5, 0.6) is 0 Å². The van der Waals surface area contributed by atoms with Gasteiger partial charge in [-0.2, -0.15) is 5.10 Å². The molecule has 0 aliphatic rings. The Morgan fingerprint density at radius 3 is 2.84 bits per heavy atom. The Hall–Kier alpha value is -2.34. The van der Waals surface area contributed by atoms with Crippen molar-refractivity contribution in [1.82, 2.24) is 15.1 Å². The molecule has 1 aromatic heterocycles. The molecule has 0 atom stereocenters. The van der Waals surface area contributed by atoms with Crippen molar-refractivity contribution < 1.29 is 9.90 Å². The van der Waals surface area contributed by atoms with Gasteiger partial charge in [0.05, 0.1) is 6.61 Å². The topological polar surface area (TPSA) is 93.2 Å². The number of aliphatic hydroxyl groups excluding tert-OH is 1. The van der Waals surface area contributed by atoms with E-state index in [9.17, 15) is 4.79 Å². The van der Waals surface area contributed by atoms with Crippen LogP contribution < -0.4 is 11.1 Å². The Morgan fingerprint density at radius 1 is 1.37 bits per heavy atom. The highest BCUT2D eigenvalue weighted by Crippen LogP contribution is 2.04. The van der Waals surface area contributed by atoms with E-state index in [1.54, 1.807) is 12.3 Å². The van der Waals surface area contributed by atoms with E-state index in [1.165, 1.54) is 4.68 Å². The molecular formula is C13H16N4O2. The molecule has 1 amide bonds. The fourth-order valence-electron chi connectivity index (χ4n) is 1.71. The van der Waals surface area contributed by atoms with Gasteiger partial charge in [0, 0.05) is 12.7 Å². The average molecular weight is 260 g/mol. The van der Waals surface area contributed by atoms with Crippen molar-refractivity contribution in [3.8, 4) is 0 Å². The quantitative estimate of drug-likeness (QED) is 0.719. The largest absolute Gasteiger partial charge is 0.392 e. The first-order valence-corrected chi connectivity index (χ1v) is 5.91. The molecule has 19 heavy (non-hydrogen) atoms. The summed E-state index contributed by atoms with van der Waals surface area (Å²) in [6.07, 6.45) is 1.65. The second-order valence-electron chi connectivity index (χ2n) is 4.19. The van der Waals surface area contributed by atoms with Crippen molar-refractivity contribution in [2.75, 3.05) is 5.73 Å². The number of hydrogen-bond acceptors (Lipinski definition) is 4.